The Morgan fingerprint density at radius 3 is 2.41 bits per heavy atom. The van der Waals surface area contributed by atoms with Crippen molar-refractivity contribution in [3.8, 4) is 0 Å². The molecule has 2 atom stereocenters. The molecule has 90 valence electrons. The summed E-state index contributed by atoms with van der Waals surface area (Å²) in [5.74, 6) is -0.0779. The fourth-order valence-corrected chi connectivity index (χ4v) is 2.48. The summed E-state index contributed by atoms with van der Waals surface area (Å²) in [4.78, 5) is 24.0. The van der Waals surface area contributed by atoms with Crippen molar-refractivity contribution in [2.45, 2.75) is 31.8 Å². The van der Waals surface area contributed by atoms with Crippen LogP contribution in [0.25, 0.3) is 0 Å². The van der Waals surface area contributed by atoms with E-state index >= 15 is 0 Å². The minimum atomic E-state index is -1.02. The normalized spacial score (nSPS) is 23.7. The Labute approximate surface area is 99.9 Å². The first kappa shape index (κ1) is 11.6. The first-order valence-electron chi connectivity index (χ1n) is 5.68. The minimum Gasteiger partial charge on any atom is -0.465 e. The molecule has 1 fully saturated rings. The van der Waals surface area contributed by atoms with Crippen molar-refractivity contribution in [2.24, 2.45) is 0 Å². The Kier molecular flexibility index (Phi) is 3.13. The second kappa shape index (κ2) is 4.57. The highest BCUT2D eigenvalue weighted by Crippen LogP contribution is 2.36. The van der Waals surface area contributed by atoms with Crippen molar-refractivity contribution < 1.29 is 14.7 Å². The maximum atomic E-state index is 11.4. The molecular formula is C13H15NO3. The molecule has 0 saturated carbocycles. The fourth-order valence-electron chi connectivity index (χ4n) is 2.48. The summed E-state index contributed by atoms with van der Waals surface area (Å²) in [6.45, 7) is 1.45. The van der Waals surface area contributed by atoms with Gasteiger partial charge in [-0.15, -0.1) is 0 Å². The number of hydrogen-bond acceptors (Lipinski definition) is 2. The second-order valence-corrected chi connectivity index (χ2v) is 4.32. The van der Waals surface area contributed by atoms with Crippen molar-refractivity contribution in [2.75, 3.05) is 0 Å². The highest BCUT2D eigenvalue weighted by molar-refractivity contribution is 5.85. The molecule has 0 aliphatic carbocycles. The maximum Gasteiger partial charge on any atom is 0.408 e. The van der Waals surface area contributed by atoms with Crippen LogP contribution < -0.4 is 0 Å². The molecule has 1 aliphatic heterocycles. The average molecular weight is 233 g/mol. The Balaban J connectivity index is 2.30. The standard InChI is InChI=1S/C13H15NO3/c1-9(15)11-7-8-12(14(11)13(16)17)10-5-3-2-4-6-10/h2-6,11-12H,7-8H2,1H3,(H,16,17)/t11-,12+/m1/s1. The quantitative estimate of drug-likeness (QED) is 0.853. The van der Waals surface area contributed by atoms with Crippen molar-refractivity contribution >= 4 is 11.9 Å². The Morgan fingerprint density at radius 2 is 1.88 bits per heavy atom. The molecule has 0 radical (unpaired) electrons. The van der Waals surface area contributed by atoms with Crippen LogP contribution in [0.2, 0.25) is 0 Å². The first-order chi connectivity index (χ1) is 8.11. The van der Waals surface area contributed by atoms with Gasteiger partial charge in [0.05, 0.1) is 12.1 Å². The Bertz CT molecular complexity index is 430. The lowest BCUT2D eigenvalue weighted by Crippen LogP contribution is -2.40. The summed E-state index contributed by atoms with van der Waals surface area (Å²) < 4.78 is 0. The molecule has 2 rings (SSSR count). The molecule has 0 aromatic heterocycles. The maximum absolute atomic E-state index is 11.4. The van der Waals surface area contributed by atoms with Gasteiger partial charge in [-0.3, -0.25) is 9.69 Å². The van der Waals surface area contributed by atoms with Crippen molar-refractivity contribution in [3.05, 3.63) is 35.9 Å². The fraction of sp³-hybridized carbons (Fsp3) is 0.385. The smallest absolute Gasteiger partial charge is 0.408 e. The van der Waals surface area contributed by atoms with Crippen molar-refractivity contribution in [1.82, 2.24) is 4.90 Å². The summed E-state index contributed by atoms with van der Waals surface area (Å²) in [7, 11) is 0. The van der Waals surface area contributed by atoms with Crippen LogP contribution in [-0.2, 0) is 4.79 Å². The van der Waals surface area contributed by atoms with Crippen LogP contribution in [0.15, 0.2) is 30.3 Å². The number of ketones is 1. The predicted molar refractivity (Wildman–Crippen MR) is 62.7 cm³/mol. The molecular weight excluding hydrogens is 218 g/mol. The lowest BCUT2D eigenvalue weighted by atomic mass is 10.1. The van der Waals surface area contributed by atoms with Gasteiger partial charge in [0.25, 0.3) is 0 Å². The molecule has 1 N–H and O–H groups in total. The van der Waals surface area contributed by atoms with Crippen LogP contribution in [0.1, 0.15) is 31.4 Å². The van der Waals surface area contributed by atoms with Crippen molar-refractivity contribution in [3.63, 3.8) is 0 Å². The summed E-state index contributed by atoms with van der Waals surface area (Å²) in [6.07, 6.45) is 0.304. The number of rotatable bonds is 2. The Hall–Kier alpha value is -1.84. The van der Waals surface area contributed by atoms with Crippen LogP contribution >= 0.6 is 0 Å². The third-order valence-electron chi connectivity index (χ3n) is 3.26. The molecule has 1 aromatic rings. The molecule has 4 heteroatoms. The summed E-state index contributed by atoms with van der Waals surface area (Å²) in [5, 5.41) is 9.24. The molecule has 0 spiro atoms. The predicted octanol–water partition coefficient (Wildman–Crippen LogP) is 2.46. The molecule has 0 unspecified atom stereocenters. The van der Waals surface area contributed by atoms with Gasteiger partial charge in [-0.05, 0) is 25.3 Å². The number of benzene rings is 1. The van der Waals surface area contributed by atoms with E-state index in [2.05, 4.69) is 0 Å². The molecule has 1 aliphatic rings. The highest BCUT2D eigenvalue weighted by atomic mass is 16.4. The lowest BCUT2D eigenvalue weighted by Gasteiger charge is -2.26. The number of carbonyl (C=O) groups excluding carboxylic acids is 1. The van der Waals surface area contributed by atoms with Gasteiger partial charge >= 0.3 is 6.09 Å². The zero-order valence-electron chi connectivity index (χ0n) is 9.67. The summed E-state index contributed by atoms with van der Waals surface area (Å²) in [6, 6.07) is 8.80. The molecule has 1 heterocycles. The van der Waals surface area contributed by atoms with Crippen molar-refractivity contribution in [1.29, 1.82) is 0 Å². The number of nitrogens with zero attached hydrogens (tertiary/aromatic N) is 1. The van der Waals surface area contributed by atoms with Gasteiger partial charge in [-0.25, -0.2) is 4.79 Å². The largest absolute Gasteiger partial charge is 0.465 e. The van der Waals surface area contributed by atoms with E-state index in [1.165, 1.54) is 11.8 Å². The van der Waals surface area contributed by atoms with E-state index in [1.807, 2.05) is 30.3 Å². The lowest BCUT2D eigenvalue weighted by molar-refractivity contribution is -0.121. The average Bonchev–Trinajstić information content (AvgIpc) is 2.74. The number of carboxylic acid groups (broad SMARTS) is 1. The van der Waals surface area contributed by atoms with E-state index in [0.29, 0.717) is 12.8 Å². The molecule has 17 heavy (non-hydrogen) atoms. The highest BCUT2D eigenvalue weighted by Gasteiger charge is 2.39. The number of Topliss-reactive ketones (excluding diaryl/α,β-unsaturated/α-hetero) is 1. The van der Waals surface area contributed by atoms with E-state index in [1.54, 1.807) is 0 Å². The van der Waals surface area contributed by atoms with Crippen LogP contribution in [0.3, 0.4) is 0 Å². The van der Waals surface area contributed by atoms with Gasteiger partial charge in [-0.1, -0.05) is 30.3 Å². The van der Waals surface area contributed by atoms with Gasteiger partial charge in [0.1, 0.15) is 0 Å². The SMILES string of the molecule is CC(=O)[C@H]1CC[C@@H](c2ccccc2)N1C(=O)O. The van der Waals surface area contributed by atoms with E-state index < -0.39 is 12.1 Å². The number of carbonyl (C=O) groups is 2. The van der Waals surface area contributed by atoms with Crippen LogP contribution in [0.5, 0.6) is 0 Å². The first-order valence-corrected chi connectivity index (χ1v) is 5.68. The molecule has 1 amide bonds. The minimum absolute atomic E-state index is 0.0779. The van der Waals surface area contributed by atoms with Gasteiger partial charge in [0, 0.05) is 0 Å². The van der Waals surface area contributed by atoms with Gasteiger partial charge in [-0.2, -0.15) is 0 Å². The molecule has 1 saturated heterocycles. The van der Waals surface area contributed by atoms with E-state index in [9.17, 15) is 14.7 Å². The van der Waals surface area contributed by atoms with Crippen LogP contribution in [-0.4, -0.2) is 27.9 Å². The third kappa shape index (κ3) is 2.16. The van der Waals surface area contributed by atoms with E-state index in [-0.39, 0.29) is 11.8 Å². The zero-order chi connectivity index (χ0) is 12.4. The van der Waals surface area contributed by atoms with E-state index in [4.69, 9.17) is 0 Å². The topological polar surface area (TPSA) is 57.6 Å². The second-order valence-electron chi connectivity index (χ2n) is 4.32. The summed E-state index contributed by atoms with van der Waals surface area (Å²) >= 11 is 0. The number of hydrogen-bond donors (Lipinski definition) is 1. The van der Waals surface area contributed by atoms with Gasteiger partial charge < -0.3 is 5.11 Å². The monoisotopic (exact) mass is 233 g/mol. The zero-order valence-corrected chi connectivity index (χ0v) is 9.67. The third-order valence-corrected chi connectivity index (χ3v) is 3.26. The number of likely N-dealkylation sites (tertiary alicyclic amines) is 1. The van der Waals surface area contributed by atoms with Crippen LogP contribution in [0.4, 0.5) is 4.79 Å². The van der Waals surface area contributed by atoms with Gasteiger partial charge in [0.2, 0.25) is 0 Å². The summed E-state index contributed by atoms with van der Waals surface area (Å²) in [5.41, 5.74) is 0.957. The number of amides is 1. The van der Waals surface area contributed by atoms with E-state index in [0.717, 1.165) is 5.56 Å². The molecule has 0 bridgehead atoms. The Morgan fingerprint density at radius 1 is 1.24 bits per heavy atom. The van der Waals surface area contributed by atoms with Gasteiger partial charge in [0.15, 0.2) is 5.78 Å². The molecule has 1 aromatic carbocycles. The van der Waals surface area contributed by atoms with Crippen LogP contribution in [0, 0.1) is 0 Å². The molecule has 4 nitrogen and oxygen atoms in total.